The maximum absolute atomic E-state index is 12.1. The van der Waals surface area contributed by atoms with Crippen LogP contribution in [0.3, 0.4) is 0 Å². The Balaban J connectivity index is 2.49. The largest absolute Gasteiger partial charge is 0.710 e. The molecule has 0 aromatic carbocycles. The highest BCUT2D eigenvalue weighted by atomic mass is 16.5. The Kier molecular flexibility index (Phi) is 6.07. The zero-order valence-electron chi connectivity index (χ0n) is 10.3. The molecule has 0 radical (unpaired) electrons. The number of carbonyl (C=O) groups is 1. The van der Waals surface area contributed by atoms with Gasteiger partial charge in [-0.05, 0) is 38.6 Å². The van der Waals surface area contributed by atoms with Crippen molar-refractivity contribution in [3.05, 3.63) is 5.53 Å². The third-order valence-corrected chi connectivity index (χ3v) is 3.12. The molecule has 1 aliphatic rings. The zero-order valence-corrected chi connectivity index (χ0v) is 10.3. The van der Waals surface area contributed by atoms with Crippen LogP contribution in [0.1, 0.15) is 32.1 Å². The average molecular weight is 241 g/mol. The Morgan fingerprint density at radius 1 is 1.65 bits per heavy atom. The van der Waals surface area contributed by atoms with E-state index in [0.29, 0.717) is 19.5 Å². The molecule has 1 saturated heterocycles. The van der Waals surface area contributed by atoms with Crippen LogP contribution in [0.2, 0.25) is 0 Å². The van der Waals surface area contributed by atoms with E-state index in [1.54, 1.807) is 4.90 Å². The first-order valence-corrected chi connectivity index (χ1v) is 6.12. The van der Waals surface area contributed by atoms with Gasteiger partial charge >= 0.3 is 0 Å². The summed E-state index contributed by atoms with van der Waals surface area (Å²) in [4.78, 5) is 13.7. The van der Waals surface area contributed by atoms with Crippen molar-refractivity contribution >= 4 is 5.91 Å². The highest BCUT2D eigenvalue weighted by Gasteiger charge is 2.31. The van der Waals surface area contributed by atoms with Gasteiger partial charge in [0.1, 0.15) is 12.3 Å². The van der Waals surface area contributed by atoms with E-state index in [2.05, 4.69) is 5.11 Å². The van der Waals surface area contributed by atoms with E-state index in [9.17, 15) is 4.79 Å². The molecule has 6 nitrogen and oxygen atoms in total. The first kappa shape index (κ1) is 14.1. The first-order valence-electron chi connectivity index (χ1n) is 6.12. The number of nitrogens with zero attached hydrogens (tertiary/aromatic N) is 3. The number of hydrogen-bond donors (Lipinski definition) is 1. The summed E-state index contributed by atoms with van der Waals surface area (Å²) in [7, 11) is 1.53. The van der Waals surface area contributed by atoms with Crippen LogP contribution in [0.4, 0.5) is 0 Å². The van der Waals surface area contributed by atoms with Crippen LogP contribution in [-0.4, -0.2) is 43.3 Å². The minimum Gasteiger partial charge on any atom is -0.710 e. The number of nitrogens with two attached hydrogens (primary N) is 1. The van der Waals surface area contributed by atoms with Crippen molar-refractivity contribution in [2.75, 3.05) is 20.2 Å². The van der Waals surface area contributed by atoms with E-state index in [1.807, 2.05) is 0 Å². The lowest BCUT2D eigenvalue weighted by Gasteiger charge is -2.27. The number of methoxy groups -OCH3 is 1. The summed E-state index contributed by atoms with van der Waals surface area (Å²) in [6.07, 6.45) is 3.19. The lowest BCUT2D eigenvalue weighted by atomic mass is 10.1. The molecule has 1 fully saturated rings. The number of carbonyl (C=O) groups excluding carboxylic acids is 1. The van der Waals surface area contributed by atoms with E-state index < -0.39 is 12.3 Å². The molecule has 0 spiro atoms. The van der Waals surface area contributed by atoms with Crippen molar-refractivity contribution in [3.8, 4) is 0 Å². The van der Waals surface area contributed by atoms with Gasteiger partial charge in [0.2, 0.25) is 0 Å². The predicted molar refractivity (Wildman–Crippen MR) is 64.2 cm³/mol. The summed E-state index contributed by atoms with van der Waals surface area (Å²) in [5.41, 5.74) is 14.2. The Morgan fingerprint density at radius 2 is 2.41 bits per heavy atom. The molecule has 2 atom stereocenters. The molecule has 98 valence electrons. The molecule has 0 aromatic heterocycles. The van der Waals surface area contributed by atoms with Crippen LogP contribution < -0.4 is 5.73 Å². The van der Waals surface area contributed by atoms with Gasteiger partial charge in [-0.25, -0.2) is 0 Å². The van der Waals surface area contributed by atoms with Gasteiger partial charge in [0.25, 0.3) is 5.91 Å². The highest BCUT2D eigenvalue weighted by Crippen LogP contribution is 2.21. The number of amides is 1. The van der Waals surface area contributed by atoms with Crippen LogP contribution in [0.15, 0.2) is 5.11 Å². The first-order chi connectivity index (χ1) is 8.24. The molecule has 2 N–H and O–H groups in total. The SMILES string of the molecule is COC(CCCCN)C(=O)N1CCCC1N=[N-]. The van der Waals surface area contributed by atoms with Gasteiger partial charge in [0.15, 0.2) is 0 Å². The Bertz CT molecular complexity index is 260. The summed E-state index contributed by atoms with van der Waals surface area (Å²) in [6, 6.07) is 0. The van der Waals surface area contributed by atoms with E-state index in [1.165, 1.54) is 7.11 Å². The molecular weight excluding hydrogens is 220 g/mol. The topological polar surface area (TPSA) is 90.2 Å². The quantitative estimate of drug-likeness (QED) is 0.534. The fourth-order valence-corrected chi connectivity index (χ4v) is 2.13. The molecule has 0 saturated carbocycles. The minimum absolute atomic E-state index is 0.0789. The van der Waals surface area contributed by atoms with E-state index >= 15 is 0 Å². The van der Waals surface area contributed by atoms with E-state index in [0.717, 1.165) is 25.7 Å². The highest BCUT2D eigenvalue weighted by molar-refractivity contribution is 5.81. The molecule has 0 aliphatic carbocycles. The van der Waals surface area contributed by atoms with Crippen molar-refractivity contribution in [1.29, 1.82) is 0 Å². The number of rotatable bonds is 7. The van der Waals surface area contributed by atoms with Gasteiger partial charge in [-0.3, -0.25) is 4.79 Å². The molecule has 0 bridgehead atoms. The van der Waals surface area contributed by atoms with E-state index in [-0.39, 0.29) is 5.91 Å². The van der Waals surface area contributed by atoms with E-state index in [4.69, 9.17) is 16.0 Å². The van der Waals surface area contributed by atoms with Crippen LogP contribution in [0, 0.1) is 0 Å². The van der Waals surface area contributed by atoms with Gasteiger partial charge in [0.05, 0.1) is 0 Å². The second-order valence-corrected chi connectivity index (χ2v) is 4.28. The molecule has 1 rings (SSSR count). The number of unbranched alkanes of at least 4 members (excludes halogenated alkanes) is 1. The third kappa shape index (κ3) is 3.74. The second-order valence-electron chi connectivity index (χ2n) is 4.28. The summed E-state index contributed by atoms with van der Waals surface area (Å²) >= 11 is 0. The van der Waals surface area contributed by atoms with Crippen molar-refractivity contribution in [2.24, 2.45) is 10.8 Å². The molecule has 17 heavy (non-hydrogen) atoms. The van der Waals surface area contributed by atoms with Gasteiger partial charge in [-0.1, -0.05) is 0 Å². The molecule has 1 aliphatic heterocycles. The summed E-state index contributed by atoms with van der Waals surface area (Å²) in [5.74, 6) is -0.0789. The second kappa shape index (κ2) is 7.34. The maximum Gasteiger partial charge on any atom is 0.253 e. The molecular formula is C11H21N4O2-. The maximum atomic E-state index is 12.1. The van der Waals surface area contributed by atoms with Gasteiger partial charge in [-0.2, -0.15) is 0 Å². The fraction of sp³-hybridized carbons (Fsp3) is 0.909. The standard InChI is InChI=1S/C11H21N4O2/c1-17-9(5-2-3-7-12)11(16)15-8-4-6-10(15)14-13/h9-10H,2-8,12H2,1H3/q-1. The Morgan fingerprint density at radius 3 is 3.00 bits per heavy atom. The lowest BCUT2D eigenvalue weighted by molar-refractivity contribution is -0.143. The minimum atomic E-state index is -0.441. The fourth-order valence-electron chi connectivity index (χ4n) is 2.13. The Hall–Kier alpha value is -1.01. The van der Waals surface area contributed by atoms with Crippen molar-refractivity contribution < 1.29 is 9.53 Å². The van der Waals surface area contributed by atoms with Crippen LogP contribution >= 0.6 is 0 Å². The van der Waals surface area contributed by atoms with Crippen molar-refractivity contribution in [3.63, 3.8) is 0 Å². The summed E-state index contributed by atoms with van der Waals surface area (Å²) in [5, 5.41) is 3.23. The zero-order chi connectivity index (χ0) is 12.7. The number of hydrogen-bond acceptors (Lipinski definition) is 4. The molecule has 1 heterocycles. The van der Waals surface area contributed by atoms with Crippen molar-refractivity contribution in [1.82, 2.24) is 4.90 Å². The average Bonchev–Trinajstić information content (AvgIpc) is 2.82. The summed E-state index contributed by atoms with van der Waals surface area (Å²) < 4.78 is 5.21. The van der Waals surface area contributed by atoms with Crippen molar-refractivity contribution in [2.45, 2.75) is 44.4 Å². The number of likely N-dealkylation sites (tertiary alicyclic amines) is 1. The number of ether oxygens (including phenoxy) is 1. The molecule has 2 unspecified atom stereocenters. The predicted octanol–water partition coefficient (Wildman–Crippen LogP) is 1.10. The Labute approximate surface area is 102 Å². The monoisotopic (exact) mass is 241 g/mol. The van der Waals surface area contributed by atoms with Gasteiger partial charge < -0.3 is 26.0 Å². The smallest absolute Gasteiger partial charge is 0.253 e. The van der Waals surface area contributed by atoms with Crippen LogP contribution in [0.25, 0.3) is 5.53 Å². The van der Waals surface area contributed by atoms with Gasteiger partial charge in [0, 0.05) is 13.7 Å². The third-order valence-electron chi connectivity index (χ3n) is 3.12. The lowest BCUT2D eigenvalue weighted by Crippen LogP contribution is -2.42. The molecule has 6 heteroatoms. The normalized spacial score (nSPS) is 21.5. The molecule has 0 aromatic rings. The summed E-state index contributed by atoms with van der Waals surface area (Å²) in [6.45, 7) is 1.27. The van der Waals surface area contributed by atoms with Gasteiger partial charge in [-0.15, -0.1) is 0 Å². The molecule has 1 amide bonds. The van der Waals surface area contributed by atoms with Crippen LogP contribution in [-0.2, 0) is 9.53 Å². The van der Waals surface area contributed by atoms with Crippen LogP contribution in [0.5, 0.6) is 0 Å².